The summed E-state index contributed by atoms with van der Waals surface area (Å²) in [6, 6.07) is 3.44. The predicted molar refractivity (Wildman–Crippen MR) is 55.9 cm³/mol. The number of nitrogens with zero attached hydrogens (tertiary/aromatic N) is 3. The number of aromatic nitrogens is 1. The molecule has 1 aromatic heterocycles. The van der Waals surface area contributed by atoms with E-state index >= 15 is 0 Å². The molecule has 7 heteroatoms. The Labute approximate surface area is 102 Å². The standard InChI is InChI=1S/C11H10F3N3O/c12-11(13,14)7-17-5-9(6-17)18-10-4-16-2-1-8(10)3-15/h1-2,4,9H,5-7H2. The normalized spacial score (nSPS) is 17.0. The van der Waals surface area contributed by atoms with Crippen LogP contribution in [0.4, 0.5) is 13.2 Å². The first-order chi connectivity index (χ1) is 8.48. The molecule has 0 saturated carbocycles. The van der Waals surface area contributed by atoms with Gasteiger partial charge in [0.2, 0.25) is 0 Å². The monoisotopic (exact) mass is 257 g/mol. The Bertz CT molecular complexity index is 463. The van der Waals surface area contributed by atoms with Crippen LogP contribution in [0.15, 0.2) is 18.5 Å². The minimum Gasteiger partial charge on any atom is -0.485 e. The molecule has 4 nitrogen and oxygen atoms in total. The van der Waals surface area contributed by atoms with Crippen molar-refractivity contribution in [2.45, 2.75) is 12.3 Å². The molecule has 2 rings (SSSR count). The summed E-state index contributed by atoms with van der Waals surface area (Å²) in [6.07, 6.45) is -1.65. The maximum absolute atomic E-state index is 12.1. The summed E-state index contributed by atoms with van der Waals surface area (Å²) in [7, 11) is 0. The molecule has 0 unspecified atom stereocenters. The fraction of sp³-hybridized carbons (Fsp3) is 0.455. The van der Waals surface area contributed by atoms with E-state index in [9.17, 15) is 13.2 Å². The molecule has 0 bridgehead atoms. The summed E-state index contributed by atoms with van der Waals surface area (Å²) in [5.41, 5.74) is 0.333. The highest BCUT2D eigenvalue weighted by atomic mass is 19.4. The van der Waals surface area contributed by atoms with Crippen LogP contribution in [0.1, 0.15) is 5.56 Å². The smallest absolute Gasteiger partial charge is 0.401 e. The van der Waals surface area contributed by atoms with Gasteiger partial charge in [-0.05, 0) is 6.07 Å². The number of alkyl halides is 3. The highest BCUT2D eigenvalue weighted by Gasteiger charge is 2.38. The van der Waals surface area contributed by atoms with E-state index in [2.05, 4.69) is 4.98 Å². The largest absolute Gasteiger partial charge is 0.485 e. The van der Waals surface area contributed by atoms with Gasteiger partial charge in [0.25, 0.3) is 0 Å². The van der Waals surface area contributed by atoms with Crippen molar-refractivity contribution in [3.05, 3.63) is 24.0 Å². The molecule has 96 valence electrons. The number of hydrogen-bond donors (Lipinski definition) is 0. The van der Waals surface area contributed by atoms with Crippen molar-refractivity contribution in [1.82, 2.24) is 9.88 Å². The van der Waals surface area contributed by atoms with Gasteiger partial charge in [0.15, 0.2) is 5.75 Å². The molecule has 2 heterocycles. The second-order valence-corrected chi connectivity index (χ2v) is 4.03. The van der Waals surface area contributed by atoms with Crippen molar-refractivity contribution in [2.24, 2.45) is 0 Å². The van der Waals surface area contributed by atoms with E-state index in [1.807, 2.05) is 6.07 Å². The van der Waals surface area contributed by atoms with Crippen LogP contribution < -0.4 is 4.74 Å². The molecular formula is C11H10F3N3O. The molecule has 0 atom stereocenters. The van der Waals surface area contributed by atoms with Gasteiger partial charge in [0.05, 0.1) is 18.3 Å². The number of hydrogen-bond acceptors (Lipinski definition) is 4. The van der Waals surface area contributed by atoms with Gasteiger partial charge < -0.3 is 4.74 Å². The van der Waals surface area contributed by atoms with Crippen molar-refractivity contribution in [3.8, 4) is 11.8 Å². The summed E-state index contributed by atoms with van der Waals surface area (Å²) >= 11 is 0. The van der Waals surface area contributed by atoms with Gasteiger partial charge in [0, 0.05) is 19.3 Å². The van der Waals surface area contributed by atoms with Gasteiger partial charge in [-0.15, -0.1) is 0 Å². The quantitative estimate of drug-likeness (QED) is 0.824. The zero-order valence-corrected chi connectivity index (χ0v) is 9.31. The minimum absolute atomic E-state index is 0.208. The number of rotatable bonds is 3. The third-order valence-corrected chi connectivity index (χ3v) is 2.53. The first-order valence-electron chi connectivity index (χ1n) is 5.28. The first-order valence-corrected chi connectivity index (χ1v) is 5.28. The van der Waals surface area contributed by atoms with Gasteiger partial charge in [-0.3, -0.25) is 9.88 Å². The lowest BCUT2D eigenvalue weighted by atomic mass is 10.1. The summed E-state index contributed by atoms with van der Waals surface area (Å²) in [4.78, 5) is 5.06. The molecule has 1 fully saturated rings. The molecule has 18 heavy (non-hydrogen) atoms. The van der Waals surface area contributed by atoms with E-state index in [-0.39, 0.29) is 19.2 Å². The zero-order valence-electron chi connectivity index (χ0n) is 9.31. The van der Waals surface area contributed by atoms with Gasteiger partial charge >= 0.3 is 6.18 Å². The van der Waals surface area contributed by atoms with Gasteiger partial charge in [-0.25, -0.2) is 0 Å². The molecule has 0 spiro atoms. The van der Waals surface area contributed by atoms with Crippen LogP contribution >= 0.6 is 0 Å². The maximum Gasteiger partial charge on any atom is 0.401 e. The molecule has 0 radical (unpaired) electrons. The summed E-state index contributed by atoms with van der Waals surface area (Å²) < 4.78 is 41.6. The highest BCUT2D eigenvalue weighted by Crippen LogP contribution is 2.24. The van der Waals surface area contributed by atoms with Gasteiger partial charge in [-0.2, -0.15) is 18.4 Å². The lowest BCUT2D eigenvalue weighted by Crippen LogP contribution is -2.56. The van der Waals surface area contributed by atoms with Crippen molar-refractivity contribution >= 4 is 0 Å². The number of halogens is 3. The summed E-state index contributed by atoms with van der Waals surface area (Å²) in [5.74, 6) is 0.316. The number of nitriles is 1. The third-order valence-electron chi connectivity index (χ3n) is 2.53. The maximum atomic E-state index is 12.1. The van der Waals surface area contributed by atoms with Crippen molar-refractivity contribution in [3.63, 3.8) is 0 Å². The Morgan fingerprint density at radius 2 is 2.22 bits per heavy atom. The van der Waals surface area contributed by atoms with Crippen molar-refractivity contribution in [1.29, 1.82) is 5.26 Å². The topological polar surface area (TPSA) is 49.1 Å². The van der Waals surface area contributed by atoms with Crippen LogP contribution in [0.25, 0.3) is 0 Å². The Morgan fingerprint density at radius 3 is 2.83 bits per heavy atom. The zero-order chi connectivity index (χ0) is 13.2. The fourth-order valence-electron chi connectivity index (χ4n) is 1.73. The lowest BCUT2D eigenvalue weighted by Gasteiger charge is -2.39. The average Bonchev–Trinajstić information content (AvgIpc) is 2.25. The van der Waals surface area contributed by atoms with Crippen LogP contribution in [-0.4, -0.2) is 41.8 Å². The third kappa shape index (κ3) is 3.11. The molecule has 0 aromatic carbocycles. The second-order valence-electron chi connectivity index (χ2n) is 4.03. The Morgan fingerprint density at radius 1 is 1.50 bits per heavy atom. The van der Waals surface area contributed by atoms with E-state index in [0.717, 1.165) is 0 Å². The van der Waals surface area contributed by atoms with Gasteiger partial charge in [0.1, 0.15) is 12.2 Å². The molecule has 1 aromatic rings. The molecular weight excluding hydrogens is 247 g/mol. The fourth-order valence-corrected chi connectivity index (χ4v) is 1.73. The number of ether oxygens (including phenoxy) is 1. The van der Waals surface area contributed by atoms with Crippen LogP contribution in [-0.2, 0) is 0 Å². The van der Waals surface area contributed by atoms with Crippen molar-refractivity contribution in [2.75, 3.05) is 19.6 Å². The van der Waals surface area contributed by atoms with Crippen LogP contribution in [0.5, 0.6) is 5.75 Å². The summed E-state index contributed by atoms with van der Waals surface area (Å²) in [5, 5.41) is 8.81. The molecule has 0 aliphatic carbocycles. The summed E-state index contributed by atoms with van der Waals surface area (Å²) in [6.45, 7) is -0.510. The highest BCUT2D eigenvalue weighted by molar-refractivity contribution is 5.40. The van der Waals surface area contributed by atoms with Crippen molar-refractivity contribution < 1.29 is 17.9 Å². The SMILES string of the molecule is N#Cc1ccncc1OC1CN(CC(F)(F)F)C1. The molecule has 0 N–H and O–H groups in total. The van der Waals surface area contributed by atoms with E-state index in [0.29, 0.717) is 11.3 Å². The molecule has 1 saturated heterocycles. The number of likely N-dealkylation sites (tertiary alicyclic amines) is 1. The molecule has 1 aliphatic rings. The molecule has 1 aliphatic heterocycles. The van der Waals surface area contributed by atoms with E-state index in [1.54, 1.807) is 0 Å². The van der Waals surface area contributed by atoms with E-state index < -0.39 is 12.7 Å². The van der Waals surface area contributed by atoms with Crippen LogP contribution in [0.2, 0.25) is 0 Å². The Hall–Kier alpha value is -1.81. The van der Waals surface area contributed by atoms with E-state index in [1.165, 1.54) is 23.4 Å². The Kier molecular flexibility index (Phi) is 3.39. The van der Waals surface area contributed by atoms with Crippen LogP contribution in [0.3, 0.4) is 0 Å². The lowest BCUT2D eigenvalue weighted by molar-refractivity contribution is -0.162. The van der Waals surface area contributed by atoms with Gasteiger partial charge in [-0.1, -0.05) is 0 Å². The second kappa shape index (κ2) is 4.82. The Balaban J connectivity index is 1.86. The first kappa shape index (κ1) is 12.6. The number of pyridine rings is 1. The van der Waals surface area contributed by atoms with E-state index in [4.69, 9.17) is 10.00 Å². The molecule has 0 amide bonds. The minimum atomic E-state index is -4.18. The average molecular weight is 257 g/mol. The van der Waals surface area contributed by atoms with Crippen LogP contribution in [0, 0.1) is 11.3 Å². The predicted octanol–water partition coefficient (Wildman–Crippen LogP) is 1.58.